The number of carbonyl (C=O) groups excluding carboxylic acids is 2. The maximum atomic E-state index is 13.2. The molecular formula is C25H31ClN2O3. The minimum atomic E-state index is -0.632. The van der Waals surface area contributed by atoms with Crippen LogP contribution >= 0.6 is 11.6 Å². The van der Waals surface area contributed by atoms with E-state index in [1.807, 2.05) is 50.2 Å². The van der Waals surface area contributed by atoms with Gasteiger partial charge < -0.3 is 15.0 Å². The van der Waals surface area contributed by atoms with Gasteiger partial charge in [0.1, 0.15) is 11.8 Å². The van der Waals surface area contributed by atoms with E-state index in [0.29, 0.717) is 10.8 Å². The number of ether oxygens (including phenoxy) is 1. The Labute approximate surface area is 189 Å². The summed E-state index contributed by atoms with van der Waals surface area (Å²) in [4.78, 5) is 27.6. The van der Waals surface area contributed by atoms with Crippen molar-refractivity contribution in [2.24, 2.45) is 0 Å². The molecule has 1 atom stereocenters. The van der Waals surface area contributed by atoms with E-state index in [1.54, 1.807) is 17.9 Å². The fourth-order valence-corrected chi connectivity index (χ4v) is 4.22. The van der Waals surface area contributed by atoms with Gasteiger partial charge in [-0.25, -0.2) is 0 Å². The van der Waals surface area contributed by atoms with Gasteiger partial charge in [0.25, 0.3) is 5.91 Å². The van der Waals surface area contributed by atoms with E-state index in [2.05, 4.69) is 5.32 Å². The van der Waals surface area contributed by atoms with Crippen LogP contribution in [0, 0.1) is 13.8 Å². The van der Waals surface area contributed by atoms with E-state index in [4.69, 9.17) is 16.3 Å². The fraction of sp³-hybridized carbons (Fsp3) is 0.440. The van der Waals surface area contributed by atoms with E-state index in [0.717, 1.165) is 42.4 Å². The predicted octanol–water partition coefficient (Wildman–Crippen LogP) is 4.81. The molecule has 1 N–H and O–H groups in total. The molecule has 0 aromatic heterocycles. The molecule has 0 saturated heterocycles. The van der Waals surface area contributed by atoms with Crippen LogP contribution in [0.25, 0.3) is 0 Å². The van der Waals surface area contributed by atoms with E-state index >= 15 is 0 Å². The third kappa shape index (κ3) is 6.47. The lowest BCUT2D eigenvalue weighted by molar-refractivity contribution is -0.142. The number of hydrogen-bond acceptors (Lipinski definition) is 3. The monoisotopic (exact) mass is 442 g/mol. The number of aryl methyl sites for hydroxylation is 2. The first-order chi connectivity index (χ1) is 14.8. The molecule has 31 heavy (non-hydrogen) atoms. The average molecular weight is 443 g/mol. The Bertz CT molecular complexity index is 904. The maximum Gasteiger partial charge on any atom is 0.261 e. The van der Waals surface area contributed by atoms with Gasteiger partial charge in [0.15, 0.2) is 6.61 Å². The molecule has 0 radical (unpaired) electrons. The van der Waals surface area contributed by atoms with Gasteiger partial charge in [0, 0.05) is 17.6 Å². The SMILES string of the molecule is Cc1cc(C)cc(OCC(=O)N(Cc2ccccc2Cl)[C@H](C)C(=O)NC2CCCC2)c1. The van der Waals surface area contributed by atoms with Gasteiger partial charge in [0.05, 0.1) is 0 Å². The van der Waals surface area contributed by atoms with Crippen molar-refractivity contribution in [2.75, 3.05) is 6.61 Å². The van der Waals surface area contributed by atoms with E-state index in [9.17, 15) is 9.59 Å². The van der Waals surface area contributed by atoms with Crippen LogP contribution in [0.2, 0.25) is 5.02 Å². The van der Waals surface area contributed by atoms with Crippen LogP contribution in [0.5, 0.6) is 5.75 Å². The molecule has 0 aliphatic heterocycles. The summed E-state index contributed by atoms with van der Waals surface area (Å²) in [7, 11) is 0. The Morgan fingerprint density at radius 1 is 1.13 bits per heavy atom. The van der Waals surface area contributed by atoms with Crippen molar-refractivity contribution >= 4 is 23.4 Å². The summed E-state index contributed by atoms with van der Waals surface area (Å²) in [5.41, 5.74) is 2.93. The molecular weight excluding hydrogens is 412 g/mol. The third-order valence-electron chi connectivity index (χ3n) is 5.72. The van der Waals surface area contributed by atoms with Crippen molar-refractivity contribution in [3.05, 3.63) is 64.2 Å². The molecule has 2 aromatic rings. The predicted molar refractivity (Wildman–Crippen MR) is 123 cm³/mol. The molecule has 0 heterocycles. The number of amides is 2. The highest BCUT2D eigenvalue weighted by molar-refractivity contribution is 6.31. The molecule has 2 amide bonds. The topological polar surface area (TPSA) is 58.6 Å². The fourth-order valence-electron chi connectivity index (χ4n) is 4.03. The number of hydrogen-bond donors (Lipinski definition) is 1. The van der Waals surface area contributed by atoms with E-state index < -0.39 is 6.04 Å². The second-order valence-corrected chi connectivity index (χ2v) is 8.80. The Morgan fingerprint density at radius 2 is 1.77 bits per heavy atom. The standard InChI is InChI=1S/C25H31ClN2O3/c1-17-12-18(2)14-22(13-17)31-16-24(29)28(15-20-8-4-7-11-23(20)26)19(3)25(30)27-21-9-5-6-10-21/h4,7-8,11-14,19,21H,5-6,9-10,15-16H2,1-3H3,(H,27,30)/t19-/m1/s1. The van der Waals surface area contributed by atoms with E-state index in [1.165, 1.54) is 0 Å². The number of benzene rings is 2. The summed E-state index contributed by atoms with van der Waals surface area (Å²) < 4.78 is 5.79. The first-order valence-electron chi connectivity index (χ1n) is 10.9. The molecule has 0 spiro atoms. The molecule has 1 aliphatic rings. The van der Waals surface area contributed by atoms with Crippen LogP contribution < -0.4 is 10.1 Å². The molecule has 0 bridgehead atoms. The molecule has 0 unspecified atom stereocenters. The normalized spacial score (nSPS) is 14.8. The van der Waals surface area contributed by atoms with Gasteiger partial charge in [-0.3, -0.25) is 9.59 Å². The lowest BCUT2D eigenvalue weighted by atomic mass is 10.1. The van der Waals surface area contributed by atoms with Crippen molar-refractivity contribution in [3.8, 4) is 5.75 Å². The third-order valence-corrected chi connectivity index (χ3v) is 6.09. The summed E-state index contributed by atoms with van der Waals surface area (Å²) in [6, 6.07) is 12.8. The highest BCUT2D eigenvalue weighted by Gasteiger charge is 2.29. The number of nitrogens with one attached hydrogen (secondary N) is 1. The van der Waals surface area contributed by atoms with Crippen molar-refractivity contribution in [3.63, 3.8) is 0 Å². The zero-order valence-electron chi connectivity index (χ0n) is 18.5. The lowest BCUT2D eigenvalue weighted by Gasteiger charge is -2.30. The van der Waals surface area contributed by atoms with Crippen LogP contribution in [0.15, 0.2) is 42.5 Å². The van der Waals surface area contributed by atoms with Gasteiger partial charge in [-0.15, -0.1) is 0 Å². The number of carbonyl (C=O) groups is 2. The van der Waals surface area contributed by atoms with Crippen LogP contribution in [-0.4, -0.2) is 35.4 Å². The first-order valence-corrected chi connectivity index (χ1v) is 11.3. The zero-order chi connectivity index (χ0) is 22.4. The zero-order valence-corrected chi connectivity index (χ0v) is 19.2. The Morgan fingerprint density at radius 3 is 2.42 bits per heavy atom. The minimum Gasteiger partial charge on any atom is -0.484 e. The minimum absolute atomic E-state index is 0.140. The number of nitrogens with zero attached hydrogens (tertiary/aromatic N) is 1. The lowest BCUT2D eigenvalue weighted by Crippen LogP contribution is -2.50. The van der Waals surface area contributed by atoms with Crippen molar-refractivity contribution < 1.29 is 14.3 Å². The van der Waals surface area contributed by atoms with Crippen LogP contribution in [0.3, 0.4) is 0 Å². The number of rotatable bonds is 8. The molecule has 1 fully saturated rings. The molecule has 1 saturated carbocycles. The van der Waals surface area contributed by atoms with Gasteiger partial charge in [-0.2, -0.15) is 0 Å². The van der Waals surface area contributed by atoms with Crippen LogP contribution in [-0.2, 0) is 16.1 Å². The van der Waals surface area contributed by atoms with E-state index in [-0.39, 0.29) is 31.0 Å². The Balaban J connectivity index is 1.74. The van der Waals surface area contributed by atoms with Gasteiger partial charge in [-0.1, -0.05) is 48.7 Å². The summed E-state index contributed by atoms with van der Waals surface area (Å²) in [5.74, 6) is 0.249. The van der Waals surface area contributed by atoms with Crippen molar-refractivity contribution in [1.29, 1.82) is 0 Å². The second-order valence-electron chi connectivity index (χ2n) is 8.39. The summed E-state index contributed by atoms with van der Waals surface area (Å²) in [5, 5.41) is 3.66. The quantitative estimate of drug-likeness (QED) is 0.638. The van der Waals surface area contributed by atoms with Crippen molar-refractivity contribution in [1.82, 2.24) is 10.2 Å². The van der Waals surface area contributed by atoms with Crippen molar-refractivity contribution in [2.45, 2.75) is 65.1 Å². The highest BCUT2D eigenvalue weighted by Crippen LogP contribution is 2.21. The van der Waals surface area contributed by atoms with Gasteiger partial charge in [-0.05, 0) is 68.5 Å². The van der Waals surface area contributed by atoms with Crippen LogP contribution in [0.1, 0.15) is 49.3 Å². The summed E-state index contributed by atoms with van der Waals surface area (Å²) in [6.45, 7) is 5.83. The highest BCUT2D eigenvalue weighted by atomic mass is 35.5. The largest absolute Gasteiger partial charge is 0.484 e. The van der Waals surface area contributed by atoms with Gasteiger partial charge >= 0.3 is 0 Å². The van der Waals surface area contributed by atoms with Gasteiger partial charge in [0.2, 0.25) is 5.91 Å². The Kier molecular flexibility index (Phi) is 7.97. The molecule has 3 rings (SSSR count). The average Bonchev–Trinajstić information content (AvgIpc) is 3.23. The molecule has 2 aromatic carbocycles. The summed E-state index contributed by atoms with van der Waals surface area (Å²) in [6.07, 6.45) is 4.25. The number of halogens is 1. The smallest absolute Gasteiger partial charge is 0.261 e. The molecule has 5 nitrogen and oxygen atoms in total. The molecule has 166 valence electrons. The first kappa shape index (κ1) is 23.1. The second kappa shape index (κ2) is 10.7. The molecule has 6 heteroatoms. The Hall–Kier alpha value is -2.53. The maximum absolute atomic E-state index is 13.2. The molecule has 1 aliphatic carbocycles. The summed E-state index contributed by atoms with van der Waals surface area (Å²) >= 11 is 6.33. The van der Waals surface area contributed by atoms with Crippen LogP contribution in [0.4, 0.5) is 0 Å².